The molecule has 0 bridgehead atoms. The van der Waals surface area contributed by atoms with Crippen LogP contribution >= 0.6 is 0 Å². The van der Waals surface area contributed by atoms with Crippen molar-refractivity contribution in [2.24, 2.45) is 52.3 Å². The monoisotopic (exact) mass is 557 g/mol. The average molecular weight is 558 g/mol. The summed E-state index contributed by atoms with van der Waals surface area (Å²) < 4.78 is 0. The zero-order valence-corrected chi connectivity index (χ0v) is 26.7. The van der Waals surface area contributed by atoms with Crippen LogP contribution in [0.25, 0.3) is 5.57 Å². The Labute approximate surface area is 249 Å². The first-order valence-electron chi connectivity index (χ1n) is 16.8. The highest BCUT2D eigenvalue weighted by Crippen LogP contribution is 2.65. The molecule has 4 aliphatic carbocycles. The molecule has 0 radical (unpaired) electrons. The van der Waals surface area contributed by atoms with Gasteiger partial charge in [0.25, 0.3) is 0 Å². The number of aromatic carboxylic acids is 1. The molecular weight excluding hydrogens is 502 g/mol. The topological polar surface area (TPSA) is 40.3 Å². The van der Waals surface area contributed by atoms with Gasteiger partial charge in [-0.1, -0.05) is 71.4 Å². The molecule has 1 aliphatic heterocycles. The van der Waals surface area contributed by atoms with Gasteiger partial charge in [-0.05, 0) is 134 Å². The van der Waals surface area contributed by atoms with Crippen LogP contribution in [0.4, 0.5) is 0 Å². The standard InChI is InChI=1S/C38H55NO2/c1-24(2)29-17-21-38(39-22-23-39)20-16-25(3)30(34(29)38)13-14-31-26(4)8-15-33-36(5,6)32(18-19-37(31,33)7)27-9-11-28(12-10-27)35(40)41/h9-12,18,25-26,29-31,33-34H,1,8,13-17,19-23H2,2-7H3,(H,40,41). The third-order valence-electron chi connectivity index (χ3n) is 13.7. The van der Waals surface area contributed by atoms with Crippen molar-refractivity contribution in [3.8, 4) is 0 Å². The molecule has 224 valence electrons. The van der Waals surface area contributed by atoms with E-state index in [1.165, 1.54) is 81.2 Å². The van der Waals surface area contributed by atoms with Gasteiger partial charge in [0.15, 0.2) is 0 Å². The number of allylic oxidation sites excluding steroid dienone is 3. The second kappa shape index (κ2) is 10.4. The average Bonchev–Trinajstić information content (AvgIpc) is 3.70. The maximum absolute atomic E-state index is 11.5. The molecule has 3 nitrogen and oxygen atoms in total. The molecular formula is C38H55NO2. The van der Waals surface area contributed by atoms with E-state index >= 15 is 0 Å². The molecule has 3 heteroatoms. The molecule has 0 aromatic heterocycles. The molecule has 4 fully saturated rings. The van der Waals surface area contributed by atoms with Crippen LogP contribution in [0, 0.1) is 52.3 Å². The van der Waals surface area contributed by atoms with Crippen molar-refractivity contribution in [2.75, 3.05) is 13.1 Å². The van der Waals surface area contributed by atoms with Gasteiger partial charge in [0.2, 0.25) is 0 Å². The number of hydrogen-bond acceptors (Lipinski definition) is 2. The molecule has 1 saturated heterocycles. The van der Waals surface area contributed by atoms with E-state index in [0.29, 0.717) is 28.4 Å². The number of carboxylic acids is 1. The molecule has 1 aromatic carbocycles. The lowest BCUT2D eigenvalue weighted by Crippen LogP contribution is -2.53. The smallest absolute Gasteiger partial charge is 0.335 e. The Morgan fingerprint density at radius 2 is 1.66 bits per heavy atom. The van der Waals surface area contributed by atoms with Gasteiger partial charge >= 0.3 is 5.97 Å². The van der Waals surface area contributed by atoms with Crippen molar-refractivity contribution in [2.45, 2.75) is 105 Å². The van der Waals surface area contributed by atoms with Gasteiger partial charge in [0.05, 0.1) is 5.56 Å². The molecule has 0 amide bonds. The normalized spacial score (nSPS) is 41.7. The molecule has 6 rings (SSSR count). The van der Waals surface area contributed by atoms with E-state index in [-0.39, 0.29) is 5.41 Å². The van der Waals surface area contributed by atoms with Crippen LogP contribution in [0.1, 0.15) is 115 Å². The summed E-state index contributed by atoms with van der Waals surface area (Å²) in [4.78, 5) is 14.3. The lowest BCUT2D eigenvalue weighted by atomic mass is 9.45. The molecule has 0 spiro atoms. The number of carboxylic acid groups (broad SMARTS) is 1. The van der Waals surface area contributed by atoms with Crippen LogP contribution in [0.3, 0.4) is 0 Å². The van der Waals surface area contributed by atoms with Crippen LogP contribution in [-0.4, -0.2) is 34.6 Å². The largest absolute Gasteiger partial charge is 0.478 e. The van der Waals surface area contributed by atoms with E-state index in [4.69, 9.17) is 0 Å². The van der Waals surface area contributed by atoms with Gasteiger partial charge in [-0.2, -0.15) is 0 Å². The third kappa shape index (κ3) is 4.68. The molecule has 9 unspecified atom stereocenters. The Balaban J connectivity index is 1.26. The Bertz CT molecular complexity index is 1210. The summed E-state index contributed by atoms with van der Waals surface area (Å²) in [6.07, 6.45) is 14.6. The van der Waals surface area contributed by atoms with Crippen LogP contribution in [0.15, 0.2) is 42.5 Å². The summed E-state index contributed by atoms with van der Waals surface area (Å²) >= 11 is 0. The van der Waals surface area contributed by atoms with Gasteiger partial charge in [0.1, 0.15) is 0 Å². The van der Waals surface area contributed by atoms with Crippen molar-refractivity contribution in [1.82, 2.24) is 4.90 Å². The third-order valence-corrected chi connectivity index (χ3v) is 13.7. The minimum atomic E-state index is -0.851. The van der Waals surface area contributed by atoms with E-state index in [9.17, 15) is 9.90 Å². The van der Waals surface area contributed by atoms with Gasteiger partial charge in [-0.15, -0.1) is 0 Å². The van der Waals surface area contributed by atoms with Gasteiger partial charge in [0, 0.05) is 18.6 Å². The summed E-state index contributed by atoms with van der Waals surface area (Å²) in [5, 5.41) is 9.41. The highest BCUT2D eigenvalue weighted by atomic mass is 16.4. The fourth-order valence-electron chi connectivity index (χ4n) is 11.6. The SMILES string of the molecule is C=C(C)C1CCC2(N3CC3)CCC(C)C(CCC3C(C)CCC4C(C)(C)C(c5ccc(C(=O)O)cc5)=CCC34C)C12. The van der Waals surface area contributed by atoms with Crippen molar-refractivity contribution >= 4 is 11.5 Å². The quantitative estimate of drug-likeness (QED) is 0.268. The van der Waals surface area contributed by atoms with Crippen LogP contribution in [-0.2, 0) is 0 Å². The van der Waals surface area contributed by atoms with Gasteiger partial charge < -0.3 is 5.11 Å². The predicted molar refractivity (Wildman–Crippen MR) is 170 cm³/mol. The second-order valence-electron chi connectivity index (χ2n) is 16.0. The Kier molecular flexibility index (Phi) is 7.40. The number of hydrogen-bond donors (Lipinski definition) is 1. The van der Waals surface area contributed by atoms with Crippen molar-refractivity contribution in [1.29, 1.82) is 0 Å². The van der Waals surface area contributed by atoms with E-state index in [2.05, 4.69) is 59.1 Å². The highest BCUT2D eigenvalue weighted by molar-refractivity contribution is 5.88. The van der Waals surface area contributed by atoms with Crippen molar-refractivity contribution in [3.63, 3.8) is 0 Å². The molecule has 1 N–H and O–H groups in total. The summed E-state index contributed by atoms with van der Waals surface area (Å²) in [6, 6.07) is 7.63. The zero-order valence-electron chi connectivity index (χ0n) is 26.7. The number of nitrogens with zero attached hydrogens (tertiary/aromatic N) is 1. The predicted octanol–water partition coefficient (Wildman–Crippen LogP) is 9.35. The summed E-state index contributed by atoms with van der Waals surface area (Å²) in [7, 11) is 0. The van der Waals surface area contributed by atoms with E-state index < -0.39 is 5.97 Å². The molecule has 1 aromatic rings. The van der Waals surface area contributed by atoms with Crippen LogP contribution in [0.2, 0.25) is 0 Å². The van der Waals surface area contributed by atoms with E-state index in [0.717, 1.165) is 36.0 Å². The molecule has 3 saturated carbocycles. The first-order valence-corrected chi connectivity index (χ1v) is 16.8. The summed E-state index contributed by atoms with van der Waals surface area (Å²) in [6.45, 7) is 22.2. The summed E-state index contributed by atoms with van der Waals surface area (Å²) in [5.74, 6) is 4.47. The van der Waals surface area contributed by atoms with E-state index in [1.54, 1.807) is 12.1 Å². The molecule has 1 heterocycles. The lowest BCUT2D eigenvalue weighted by Gasteiger charge is -2.59. The fourth-order valence-corrected chi connectivity index (χ4v) is 11.6. The number of carbonyl (C=O) groups is 1. The lowest BCUT2D eigenvalue weighted by molar-refractivity contribution is -0.0570. The molecule has 9 atom stereocenters. The Hall–Kier alpha value is -1.87. The number of fused-ring (bicyclic) bond motifs is 2. The first-order chi connectivity index (χ1) is 19.4. The summed E-state index contributed by atoms with van der Waals surface area (Å²) in [5.41, 5.74) is 5.28. The van der Waals surface area contributed by atoms with Crippen molar-refractivity contribution < 1.29 is 9.90 Å². The minimum absolute atomic E-state index is 0.0686. The molecule has 5 aliphatic rings. The second-order valence-corrected chi connectivity index (χ2v) is 16.0. The number of benzene rings is 1. The van der Waals surface area contributed by atoms with Gasteiger partial charge in [-0.3, -0.25) is 4.90 Å². The highest BCUT2D eigenvalue weighted by Gasteiger charge is 2.60. The maximum atomic E-state index is 11.5. The Morgan fingerprint density at radius 1 is 0.976 bits per heavy atom. The first kappa shape index (κ1) is 29.2. The van der Waals surface area contributed by atoms with E-state index in [1.807, 2.05) is 12.1 Å². The number of rotatable bonds is 7. The van der Waals surface area contributed by atoms with Crippen LogP contribution < -0.4 is 0 Å². The zero-order chi connectivity index (χ0) is 29.3. The van der Waals surface area contributed by atoms with Gasteiger partial charge in [-0.25, -0.2) is 4.79 Å². The maximum Gasteiger partial charge on any atom is 0.335 e. The minimum Gasteiger partial charge on any atom is -0.478 e. The fraction of sp³-hybridized carbons (Fsp3) is 0.711. The van der Waals surface area contributed by atoms with Crippen molar-refractivity contribution in [3.05, 3.63) is 53.6 Å². The Morgan fingerprint density at radius 3 is 2.29 bits per heavy atom. The molecule has 41 heavy (non-hydrogen) atoms. The van der Waals surface area contributed by atoms with Crippen LogP contribution in [0.5, 0.6) is 0 Å².